The van der Waals surface area contributed by atoms with E-state index in [1.807, 2.05) is 42.5 Å². The molecule has 0 bridgehead atoms. The molecule has 26 heavy (non-hydrogen) atoms. The molecule has 0 radical (unpaired) electrons. The molecule has 0 aliphatic carbocycles. The topological polar surface area (TPSA) is 74.3 Å². The number of pyridine rings is 1. The number of likely N-dealkylation sites (tertiary alicyclic amines) is 1. The average Bonchev–Trinajstić information content (AvgIpc) is 2.64. The van der Waals surface area contributed by atoms with Crippen LogP contribution in [0.3, 0.4) is 0 Å². The summed E-state index contributed by atoms with van der Waals surface area (Å²) in [7, 11) is 1.75. The molecule has 0 spiro atoms. The minimum atomic E-state index is -0.285. The van der Waals surface area contributed by atoms with Crippen molar-refractivity contribution in [2.75, 3.05) is 18.9 Å². The van der Waals surface area contributed by atoms with Gasteiger partial charge < -0.3 is 15.5 Å². The molecule has 6 nitrogen and oxygen atoms in total. The average molecular weight is 348 g/mol. The molecule has 1 aliphatic rings. The number of nitrogens with one attached hydrogen (secondary N) is 2. The molecule has 2 N–H and O–H groups in total. The molecule has 1 fully saturated rings. The Morgan fingerprint density at radius 3 is 2.88 bits per heavy atom. The third-order valence-corrected chi connectivity index (χ3v) is 4.08. The largest absolute Gasteiger partial charge is 0.344 e. The van der Waals surface area contributed by atoms with Gasteiger partial charge in [0.25, 0.3) is 0 Å². The van der Waals surface area contributed by atoms with Crippen LogP contribution in [0.25, 0.3) is 0 Å². The van der Waals surface area contributed by atoms with Gasteiger partial charge in [0.2, 0.25) is 5.91 Å². The van der Waals surface area contributed by atoms with E-state index >= 15 is 0 Å². The lowest BCUT2D eigenvalue weighted by Crippen LogP contribution is -2.49. The Hall–Kier alpha value is -3.33. The first kappa shape index (κ1) is 17.5. The molecule has 0 unspecified atom stereocenters. The normalized spacial score (nSPS) is 16.4. The van der Waals surface area contributed by atoms with E-state index in [0.717, 1.165) is 5.56 Å². The predicted octanol–water partition coefficient (Wildman–Crippen LogP) is 2.22. The van der Waals surface area contributed by atoms with Crippen molar-refractivity contribution < 1.29 is 9.59 Å². The molecular formula is C20H20N4O2. The number of amides is 3. The van der Waals surface area contributed by atoms with Crippen LogP contribution in [0.4, 0.5) is 10.5 Å². The molecule has 1 aromatic carbocycles. The van der Waals surface area contributed by atoms with E-state index in [2.05, 4.69) is 27.5 Å². The van der Waals surface area contributed by atoms with E-state index < -0.39 is 0 Å². The van der Waals surface area contributed by atoms with Gasteiger partial charge in [0.15, 0.2) is 0 Å². The van der Waals surface area contributed by atoms with Crippen molar-refractivity contribution in [3.8, 4) is 11.8 Å². The van der Waals surface area contributed by atoms with Crippen LogP contribution in [0.15, 0.2) is 48.7 Å². The minimum Gasteiger partial charge on any atom is -0.344 e. The van der Waals surface area contributed by atoms with E-state index in [4.69, 9.17) is 0 Å². The molecule has 3 rings (SSSR count). The smallest absolute Gasteiger partial charge is 0.319 e. The van der Waals surface area contributed by atoms with E-state index in [0.29, 0.717) is 30.8 Å². The zero-order valence-corrected chi connectivity index (χ0v) is 14.5. The number of carbonyl (C=O) groups is 2. The molecule has 2 aromatic rings. The maximum atomic E-state index is 12.2. The number of hydrogen-bond donors (Lipinski definition) is 2. The van der Waals surface area contributed by atoms with Crippen molar-refractivity contribution in [2.24, 2.45) is 0 Å². The van der Waals surface area contributed by atoms with Crippen LogP contribution < -0.4 is 10.6 Å². The highest BCUT2D eigenvalue weighted by molar-refractivity contribution is 5.90. The Balaban J connectivity index is 1.59. The molecule has 3 amide bonds. The van der Waals surface area contributed by atoms with Gasteiger partial charge in [-0.05, 0) is 42.7 Å². The SMILES string of the molecule is CN1C[C@H](NC(=O)Nc2cccc(C#Cc3ccccn3)c2)CCC1=O. The van der Waals surface area contributed by atoms with Gasteiger partial charge in [0.1, 0.15) is 5.69 Å². The summed E-state index contributed by atoms with van der Waals surface area (Å²) in [5.74, 6) is 6.14. The number of anilines is 1. The Kier molecular flexibility index (Phi) is 5.49. The number of piperidine rings is 1. The number of nitrogens with zero attached hydrogens (tertiary/aromatic N) is 2. The number of likely N-dealkylation sites (N-methyl/N-ethyl adjacent to an activating group) is 1. The van der Waals surface area contributed by atoms with E-state index in [9.17, 15) is 9.59 Å². The van der Waals surface area contributed by atoms with E-state index in [1.165, 1.54) is 0 Å². The summed E-state index contributed by atoms with van der Waals surface area (Å²) >= 11 is 0. The van der Waals surface area contributed by atoms with Gasteiger partial charge >= 0.3 is 6.03 Å². The molecule has 1 atom stereocenters. The zero-order valence-electron chi connectivity index (χ0n) is 14.5. The summed E-state index contributed by atoms with van der Waals surface area (Å²) in [6, 6.07) is 12.6. The van der Waals surface area contributed by atoms with Gasteiger partial charge in [-0.1, -0.05) is 18.1 Å². The van der Waals surface area contributed by atoms with Gasteiger partial charge in [-0.15, -0.1) is 0 Å². The maximum Gasteiger partial charge on any atom is 0.319 e. The number of hydrogen-bond acceptors (Lipinski definition) is 3. The lowest BCUT2D eigenvalue weighted by molar-refractivity contribution is -0.132. The van der Waals surface area contributed by atoms with Gasteiger partial charge in [0.05, 0.1) is 0 Å². The van der Waals surface area contributed by atoms with Crippen LogP contribution in [0.5, 0.6) is 0 Å². The number of carbonyl (C=O) groups excluding carboxylic acids is 2. The fourth-order valence-corrected chi connectivity index (χ4v) is 2.73. The first-order valence-corrected chi connectivity index (χ1v) is 8.45. The van der Waals surface area contributed by atoms with Gasteiger partial charge in [0, 0.05) is 43.5 Å². The fourth-order valence-electron chi connectivity index (χ4n) is 2.73. The molecule has 1 aliphatic heterocycles. The second-order valence-corrected chi connectivity index (χ2v) is 6.15. The Bertz CT molecular complexity index is 855. The predicted molar refractivity (Wildman–Crippen MR) is 99.5 cm³/mol. The quantitative estimate of drug-likeness (QED) is 0.817. The maximum absolute atomic E-state index is 12.2. The summed E-state index contributed by atoms with van der Waals surface area (Å²) in [4.78, 5) is 29.5. The van der Waals surface area contributed by atoms with Gasteiger partial charge in [-0.3, -0.25) is 4.79 Å². The van der Waals surface area contributed by atoms with Crippen molar-refractivity contribution in [1.82, 2.24) is 15.2 Å². The van der Waals surface area contributed by atoms with Crippen molar-refractivity contribution in [1.29, 1.82) is 0 Å². The van der Waals surface area contributed by atoms with Crippen LogP contribution >= 0.6 is 0 Å². The number of urea groups is 1. The van der Waals surface area contributed by atoms with Crippen LogP contribution in [-0.4, -0.2) is 41.5 Å². The second kappa shape index (κ2) is 8.17. The first-order valence-electron chi connectivity index (χ1n) is 8.45. The van der Waals surface area contributed by atoms with Crippen molar-refractivity contribution in [2.45, 2.75) is 18.9 Å². The molecule has 132 valence electrons. The summed E-state index contributed by atoms with van der Waals surface area (Å²) in [5.41, 5.74) is 2.14. The highest BCUT2D eigenvalue weighted by Gasteiger charge is 2.23. The highest BCUT2D eigenvalue weighted by Crippen LogP contribution is 2.12. The lowest BCUT2D eigenvalue weighted by Gasteiger charge is -2.30. The lowest BCUT2D eigenvalue weighted by atomic mass is 10.1. The van der Waals surface area contributed by atoms with Crippen molar-refractivity contribution in [3.05, 3.63) is 59.9 Å². The van der Waals surface area contributed by atoms with Crippen molar-refractivity contribution >= 4 is 17.6 Å². The first-order chi connectivity index (χ1) is 12.6. The summed E-state index contributed by atoms with van der Waals surface area (Å²) in [6.45, 7) is 0.530. The number of aromatic nitrogens is 1. The highest BCUT2D eigenvalue weighted by atomic mass is 16.2. The summed E-state index contributed by atoms with van der Waals surface area (Å²) in [6.07, 6.45) is 2.81. The van der Waals surface area contributed by atoms with Crippen LogP contribution in [0.2, 0.25) is 0 Å². The van der Waals surface area contributed by atoms with Gasteiger partial charge in [-0.2, -0.15) is 0 Å². The number of benzene rings is 1. The minimum absolute atomic E-state index is 0.0372. The monoisotopic (exact) mass is 348 g/mol. The Morgan fingerprint density at radius 2 is 2.12 bits per heavy atom. The molecular weight excluding hydrogens is 328 g/mol. The van der Waals surface area contributed by atoms with E-state index in [1.54, 1.807) is 18.1 Å². The van der Waals surface area contributed by atoms with E-state index in [-0.39, 0.29) is 18.0 Å². The summed E-state index contributed by atoms with van der Waals surface area (Å²) in [5, 5.41) is 5.72. The molecule has 0 saturated carbocycles. The van der Waals surface area contributed by atoms with Gasteiger partial charge in [-0.25, -0.2) is 9.78 Å². The third kappa shape index (κ3) is 4.84. The molecule has 1 aromatic heterocycles. The third-order valence-electron chi connectivity index (χ3n) is 4.08. The fraction of sp³-hybridized carbons (Fsp3) is 0.250. The Labute approximate surface area is 152 Å². The molecule has 2 heterocycles. The second-order valence-electron chi connectivity index (χ2n) is 6.15. The van der Waals surface area contributed by atoms with Crippen LogP contribution in [0, 0.1) is 11.8 Å². The standard InChI is InChI=1S/C20H20N4O2/c1-24-14-18(10-11-19(24)25)23-20(26)22-17-7-4-5-15(13-17)8-9-16-6-2-3-12-21-16/h2-7,12-13,18H,10-11,14H2,1H3,(H2,22,23,26)/t18-/m1/s1. The zero-order chi connectivity index (χ0) is 18.4. The molecule has 1 saturated heterocycles. The van der Waals surface area contributed by atoms with Crippen LogP contribution in [-0.2, 0) is 4.79 Å². The van der Waals surface area contributed by atoms with Crippen molar-refractivity contribution in [3.63, 3.8) is 0 Å². The number of rotatable bonds is 2. The Morgan fingerprint density at radius 1 is 1.23 bits per heavy atom. The van der Waals surface area contributed by atoms with Crippen LogP contribution in [0.1, 0.15) is 24.1 Å². The summed E-state index contributed by atoms with van der Waals surface area (Å²) < 4.78 is 0. The molecule has 6 heteroatoms.